The van der Waals surface area contributed by atoms with Crippen molar-refractivity contribution in [2.24, 2.45) is 0 Å². The largest absolute Gasteiger partial charge is 0.294 e. The second kappa shape index (κ2) is 5.39. The zero-order chi connectivity index (χ0) is 14.0. The van der Waals surface area contributed by atoms with Gasteiger partial charge in [0.05, 0.1) is 5.69 Å². The molecule has 0 spiro atoms. The molecule has 0 aliphatic carbocycles. The van der Waals surface area contributed by atoms with Crippen molar-refractivity contribution in [1.82, 2.24) is 9.78 Å². The van der Waals surface area contributed by atoms with Crippen LogP contribution < -0.4 is 0 Å². The maximum atomic E-state index is 11.6. The molecule has 0 unspecified atom stereocenters. The molecule has 0 aliphatic rings. The molecule has 19 heavy (non-hydrogen) atoms. The number of Topliss-reactive ketones (excluding diaryl/α,β-unsaturated/α-hetero) is 1. The lowest BCUT2D eigenvalue weighted by atomic mass is 10.0. The van der Waals surface area contributed by atoms with Gasteiger partial charge in [-0.1, -0.05) is 31.2 Å². The van der Waals surface area contributed by atoms with Crippen molar-refractivity contribution in [3.63, 3.8) is 0 Å². The lowest BCUT2D eigenvalue weighted by Crippen LogP contribution is -1.98. The van der Waals surface area contributed by atoms with Gasteiger partial charge in [-0.3, -0.25) is 9.48 Å². The van der Waals surface area contributed by atoms with E-state index in [1.807, 2.05) is 42.8 Å². The summed E-state index contributed by atoms with van der Waals surface area (Å²) >= 11 is 0. The smallest absolute Gasteiger partial charge is 0.162 e. The van der Waals surface area contributed by atoms with Crippen molar-refractivity contribution in [2.75, 3.05) is 0 Å². The first-order valence-electron chi connectivity index (χ1n) is 6.76. The van der Waals surface area contributed by atoms with Crippen LogP contribution in [0.2, 0.25) is 0 Å². The van der Waals surface area contributed by atoms with E-state index < -0.39 is 0 Å². The number of nitrogens with zero attached hydrogens (tertiary/aromatic N) is 2. The van der Waals surface area contributed by atoms with Crippen molar-refractivity contribution in [3.05, 3.63) is 41.2 Å². The molecule has 2 rings (SSSR count). The Morgan fingerprint density at radius 3 is 2.26 bits per heavy atom. The predicted octanol–water partition coefficient (Wildman–Crippen LogP) is 3.78. The van der Waals surface area contributed by atoms with E-state index in [4.69, 9.17) is 0 Å². The minimum atomic E-state index is 0.184. The number of ketones is 1. The van der Waals surface area contributed by atoms with E-state index >= 15 is 0 Å². The fourth-order valence-corrected chi connectivity index (χ4v) is 2.45. The molecular weight excluding hydrogens is 236 g/mol. The van der Waals surface area contributed by atoms with Crippen molar-refractivity contribution < 1.29 is 4.79 Å². The van der Waals surface area contributed by atoms with Crippen LogP contribution in [0.15, 0.2) is 24.3 Å². The third-order valence-electron chi connectivity index (χ3n) is 3.50. The Morgan fingerprint density at radius 1 is 1.16 bits per heavy atom. The Balaban J connectivity index is 2.43. The van der Waals surface area contributed by atoms with Gasteiger partial charge in [0.15, 0.2) is 5.78 Å². The fourth-order valence-electron chi connectivity index (χ4n) is 2.45. The summed E-state index contributed by atoms with van der Waals surface area (Å²) in [6.07, 6.45) is 0.547. The van der Waals surface area contributed by atoms with Crippen LogP contribution in [0.4, 0.5) is 0 Å². The second-order valence-corrected chi connectivity index (χ2v) is 4.72. The monoisotopic (exact) mass is 256 g/mol. The highest BCUT2D eigenvalue weighted by molar-refractivity contribution is 5.96. The van der Waals surface area contributed by atoms with Crippen LogP contribution in [0, 0.1) is 13.8 Å². The van der Waals surface area contributed by atoms with Crippen molar-refractivity contribution in [2.45, 2.75) is 40.7 Å². The van der Waals surface area contributed by atoms with Crippen LogP contribution in [-0.4, -0.2) is 15.6 Å². The van der Waals surface area contributed by atoms with Gasteiger partial charge in [-0.2, -0.15) is 5.10 Å². The number of hydrogen-bond donors (Lipinski definition) is 0. The summed E-state index contributed by atoms with van der Waals surface area (Å²) in [5, 5.41) is 4.53. The van der Waals surface area contributed by atoms with Gasteiger partial charge in [0.25, 0.3) is 0 Å². The maximum Gasteiger partial charge on any atom is 0.162 e. The molecule has 1 heterocycles. The summed E-state index contributed by atoms with van der Waals surface area (Å²) < 4.78 is 2.01. The molecule has 0 aliphatic heterocycles. The topological polar surface area (TPSA) is 34.9 Å². The number of benzene rings is 1. The van der Waals surface area contributed by atoms with E-state index in [1.54, 1.807) is 0 Å². The highest BCUT2D eigenvalue weighted by Gasteiger charge is 2.13. The molecule has 0 fully saturated rings. The minimum absolute atomic E-state index is 0.184. The van der Waals surface area contributed by atoms with E-state index in [0.29, 0.717) is 6.42 Å². The Hall–Kier alpha value is -1.90. The Kier molecular flexibility index (Phi) is 3.84. The molecule has 0 atom stereocenters. The van der Waals surface area contributed by atoms with Gasteiger partial charge in [-0.05, 0) is 26.3 Å². The molecule has 2 aromatic rings. The van der Waals surface area contributed by atoms with E-state index in [-0.39, 0.29) is 5.78 Å². The molecule has 100 valence electrons. The predicted molar refractivity (Wildman–Crippen MR) is 77.4 cm³/mol. The molecule has 3 heteroatoms. The Bertz CT molecular complexity index is 594. The Morgan fingerprint density at radius 2 is 1.79 bits per heavy atom. The second-order valence-electron chi connectivity index (χ2n) is 4.72. The number of hydrogen-bond acceptors (Lipinski definition) is 2. The number of carbonyl (C=O) groups is 1. The number of aryl methyl sites for hydroxylation is 2. The van der Waals surface area contributed by atoms with Crippen LogP contribution in [0.5, 0.6) is 0 Å². The third kappa shape index (κ3) is 2.46. The minimum Gasteiger partial charge on any atom is -0.294 e. The molecule has 1 aromatic heterocycles. The third-order valence-corrected chi connectivity index (χ3v) is 3.50. The van der Waals surface area contributed by atoms with Gasteiger partial charge in [0.2, 0.25) is 0 Å². The first-order valence-corrected chi connectivity index (χ1v) is 6.76. The summed E-state index contributed by atoms with van der Waals surface area (Å²) in [4.78, 5) is 11.6. The van der Waals surface area contributed by atoms with Crippen LogP contribution in [0.1, 0.15) is 42.0 Å². The average Bonchev–Trinajstić information content (AvgIpc) is 2.72. The summed E-state index contributed by atoms with van der Waals surface area (Å²) in [7, 11) is 0. The molecular formula is C16H20N2O. The maximum absolute atomic E-state index is 11.6. The van der Waals surface area contributed by atoms with Gasteiger partial charge < -0.3 is 0 Å². The van der Waals surface area contributed by atoms with Crippen LogP contribution in [-0.2, 0) is 6.54 Å². The summed E-state index contributed by atoms with van der Waals surface area (Å²) in [6.45, 7) is 8.96. The van der Waals surface area contributed by atoms with Gasteiger partial charge in [0, 0.05) is 29.8 Å². The first-order chi connectivity index (χ1) is 9.08. The first kappa shape index (κ1) is 13.5. The van der Waals surface area contributed by atoms with Crippen LogP contribution in [0.3, 0.4) is 0 Å². The normalized spacial score (nSPS) is 10.7. The van der Waals surface area contributed by atoms with Gasteiger partial charge in [-0.15, -0.1) is 0 Å². The van der Waals surface area contributed by atoms with Crippen LogP contribution in [0.25, 0.3) is 11.1 Å². The number of carbonyl (C=O) groups excluding carboxylic acids is 1. The molecule has 0 N–H and O–H groups in total. The summed E-state index contributed by atoms with van der Waals surface area (Å²) in [5.74, 6) is 0.184. The average molecular weight is 256 g/mol. The summed E-state index contributed by atoms with van der Waals surface area (Å²) in [5.41, 5.74) is 5.30. The fraction of sp³-hybridized carbons (Fsp3) is 0.375. The van der Waals surface area contributed by atoms with Gasteiger partial charge in [0.1, 0.15) is 0 Å². The van der Waals surface area contributed by atoms with E-state index in [2.05, 4.69) is 18.9 Å². The summed E-state index contributed by atoms with van der Waals surface area (Å²) in [6, 6.07) is 7.84. The molecule has 1 aromatic carbocycles. The van der Waals surface area contributed by atoms with Crippen LogP contribution >= 0.6 is 0 Å². The molecule has 0 saturated heterocycles. The lowest BCUT2D eigenvalue weighted by molar-refractivity contribution is 0.0988. The molecule has 0 amide bonds. The molecule has 0 radical (unpaired) electrons. The quantitative estimate of drug-likeness (QED) is 0.780. The van der Waals surface area contributed by atoms with Gasteiger partial charge >= 0.3 is 0 Å². The zero-order valence-corrected chi connectivity index (χ0v) is 12.0. The van der Waals surface area contributed by atoms with Crippen molar-refractivity contribution in [3.8, 4) is 11.1 Å². The molecule has 0 saturated carbocycles. The molecule has 3 nitrogen and oxygen atoms in total. The molecule has 0 bridgehead atoms. The van der Waals surface area contributed by atoms with E-state index in [0.717, 1.165) is 23.4 Å². The number of rotatable bonds is 4. The van der Waals surface area contributed by atoms with E-state index in [1.165, 1.54) is 11.3 Å². The van der Waals surface area contributed by atoms with Crippen molar-refractivity contribution in [1.29, 1.82) is 0 Å². The van der Waals surface area contributed by atoms with E-state index in [9.17, 15) is 4.79 Å². The highest BCUT2D eigenvalue weighted by Crippen LogP contribution is 2.27. The Labute approximate surface area is 114 Å². The van der Waals surface area contributed by atoms with Gasteiger partial charge in [-0.25, -0.2) is 0 Å². The lowest BCUT2D eigenvalue weighted by Gasteiger charge is -2.05. The zero-order valence-electron chi connectivity index (χ0n) is 12.0. The number of aromatic nitrogens is 2. The van der Waals surface area contributed by atoms with Crippen molar-refractivity contribution >= 4 is 5.78 Å². The highest BCUT2D eigenvalue weighted by atomic mass is 16.1. The standard InChI is InChI=1S/C16H20N2O/c1-5-15(19)13-7-9-14(10-8-13)16-11(3)17-18(6-2)12(16)4/h7-10H,5-6H2,1-4H3. The SMILES string of the molecule is CCC(=O)c1ccc(-c2c(C)nn(CC)c2C)cc1.